The first-order valence-corrected chi connectivity index (χ1v) is 7.00. The SMILES string of the molecule is CCOC(=O)CN1CCN(c2ccccc2OC)CC1. The minimum absolute atomic E-state index is 0.141. The minimum Gasteiger partial charge on any atom is -0.495 e. The van der Waals surface area contributed by atoms with Crippen molar-refractivity contribution in [2.24, 2.45) is 0 Å². The van der Waals surface area contributed by atoms with Crippen molar-refractivity contribution in [2.75, 3.05) is 51.3 Å². The molecule has 0 saturated carbocycles. The molecule has 0 aliphatic carbocycles. The van der Waals surface area contributed by atoms with Gasteiger partial charge < -0.3 is 14.4 Å². The van der Waals surface area contributed by atoms with E-state index in [0.29, 0.717) is 13.2 Å². The van der Waals surface area contributed by atoms with Crippen LogP contribution in [0.3, 0.4) is 0 Å². The summed E-state index contributed by atoms with van der Waals surface area (Å²) >= 11 is 0. The smallest absolute Gasteiger partial charge is 0.320 e. The number of carbonyl (C=O) groups is 1. The van der Waals surface area contributed by atoms with Gasteiger partial charge in [-0.1, -0.05) is 12.1 Å². The molecule has 0 spiro atoms. The zero-order valence-electron chi connectivity index (χ0n) is 12.2. The van der Waals surface area contributed by atoms with Crippen LogP contribution in [-0.2, 0) is 9.53 Å². The molecule has 0 unspecified atom stereocenters. The summed E-state index contributed by atoms with van der Waals surface area (Å²) < 4.78 is 10.4. The van der Waals surface area contributed by atoms with Crippen LogP contribution >= 0.6 is 0 Å². The van der Waals surface area contributed by atoms with Gasteiger partial charge in [-0.05, 0) is 19.1 Å². The Hall–Kier alpha value is -1.75. The van der Waals surface area contributed by atoms with Crippen LogP contribution in [0.15, 0.2) is 24.3 Å². The molecule has 1 aromatic carbocycles. The number of piperazine rings is 1. The van der Waals surface area contributed by atoms with Gasteiger partial charge in [0.05, 0.1) is 25.9 Å². The van der Waals surface area contributed by atoms with E-state index in [1.54, 1.807) is 7.11 Å². The average Bonchev–Trinajstić information content (AvgIpc) is 2.48. The molecule has 1 heterocycles. The highest BCUT2D eigenvalue weighted by molar-refractivity contribution is 5.71. The lowest BCUT2D eigenvalue weighted by Gasteiger charge is -2.36. The van der Waals surface area contributed by atoms with Crippen LogP contribution in [0.1, 0.15) is 6.92 Å². The highest BCUT2D eigenvalue weighted by Crippen LogP contribution is 2.28. The molecule has 110 valence electrons. The van der Waals surface area contributed by atoms with Crippen molar-refractivity contribution in [3.05, 3.63) is 24.3 Å². The lowest BCUT2D eigenvalue weighted by molar-refractivity contribution is -0.144. The maximum absolute atomic E-state index is 11.5. The van der Waals surface area contributed by atoms with E-state index in [2.05, 4.69) is 15.9 Å². The Labute approximate surface area is 120 Å². The zero-order chi connectivity index (χ0) is 14.4. The number of hydrogen-bond acceptors (Lipinski definition) is 5. The molecule has 1 fully saturated rings. The molecule has 20 heavy (non-hydrogen) atoms. The second-order valence-electron chi connectivity index (χ2n) is 4.74. The maximum atomic E-state index is 11.5. The summed E-state index contributed by atoms with van der Waals surface area (Å²) in [7, 11) is 1.69. The van der Waals surface area contributed by atoms with Gasteiger partial charge in [-0.3, -0.25) is 9.69 Å². The van der Waals surface area contributed by atoms with E-state index < -0.39 is 0 Å². The topological polar surface area (TPSA) is 42.0 Å². The van der Waals surface area contributed by atoms with Gasteiger partial charge >= 0.3 is 5.97 Å². The number of nitrogens with zero attached hydrogens (tertiary/aromatic N) is 2. The third kappa shape index (κ3) is 3.63. The Morgan fingerprint density at radius 2 is 1.90 bits per heavy atom. The minimum atomic E-state index is -0.141. The summed E-state index contributed by atoms with van der Waals surface area (Å²) in [5.74, 6) is 0.754. The van der Waals surface area contributed by atoms with Crippen molar-refractivity contribution >= 4 is 11.7 Å². The van der Waals surface area contributed by atoms with Crippen LogP contribution in [0, 0.1) is 0 Å². The third-order valence-corrected chi connectivity index (χ3v) is 3.46. The molecule has 0 aromatic heterocycles. The number of esters is 1. The van der Waals surface area contributed by atoms with Gasteiger partial charge in [-0.2, -0.15) is 0 Å². The van der Waals surface area contributed by atoms with Crippen LogP contribution in [-0.4, -0.2) is 57.3 Å². The van der Waals surface area contributed by atoms with Crippen LogP contribution in [0.4, 0.5) is 5.69 Å². The summed E-state index contributed by atoms with van der Waals surface area (Å²) in [5, 5.41) is 0. The average molecular weight is 278 g/mol. The molecular weight excluding hydrogens is 256 g/mol. The summed E-state index contributed by atoms with van der Waals surface area (Å²) in [6.07, 6.45) is 0. The first kappa shape index (κ1) is 14.7. The van der Waals surface area contributed by atoms with Gasteiger partial charge in [0.15, 0.2) is 0 Å². The molecule has 2 rings (SSSR count). The Morgan fingerprint density at radius 1 is 1.20 bits per heavy atom. The molecule has 1 aliphatic heterocycles. The molecule has 5 nitrogen and oxygen atoms in total. The van der Waals surface area contributed by atoms with Gasteiger partial charge in [-0.15, -0.1) is 0 Å². The number of rotatable bonds is 5. The highest BCUT2D eigenvalue weighted by atomic mass is 16.5. The largest absolute Gasteiger partial charge is 0.495 e. The van der Waals surface area contributed by atoms with Gasteiger partial charge in [0.2, 0.25) is 0 Å². The van der Waals surface area contributed by atoms with E-state index in [-0.39, 0.29) is 5.97 Å². The summed E-state index contributed by atoms with van der Waals surface area (Å²) in [4.78, 5) is 15.9. The fraction of sp³-hybridized carbons (Fsp3) is 0.533. The monoisotopic (exact) mass is 278 g/mol. The standard InChI is InChI=1S/C15H22N2O3/c1-3-20-15(18)12-16-8-10-17(11-9-16)13-6-4-5-7-14(13)19-2/h4-7H,3,8-12H2,1-2H3. The van der Waals surface area contributed by atoms with E-state index in [4.69, 9.17) is 9.47 Å². The van der Waals surface area contributed by atoms with Crippen molar-refractivity contribution in [3.8, 4) is 5.75 Å². The van der Waals surface area contributed by atoms with E-state index in [1.165, 1.54) is 0 Å². The number of ether oxygens (including phenoxy) is 2. The van der Waals surface area contributed by atoms with Crippen LogP contribution in [0.25, 0.3) is 0 Å². The Morgan fingerprint density at radius 3 is 2.55 bits per heavy atom. The number of carbonyl (C=O) groups excluding carboxylic acids is 1. The van der Waals surface area contributed by atoms with Crippen LogP contribution in [0.2, 0.25) is 0 Å². The number of benzene rings is 1. The molecule has 0 amide bonds. The van der Waals surface area contributed by atoms with Crippen molar-refractivity contribution < 1.29 is 14.3 Å². The number of anilines is 1. The molecule has 1 saturated heterocycles. The molecule has 0 atom stereocenters. The van der Waals surface area contributed by atoms with E-state index >= 15 is 0 Å². The van der Waals surface area contributed by atoms with Gasteiger partial charge in [-0.25, -0.2) is 0 Å². The molecule has 0 bridgehead atoms. The van der Waals surface area contributed by atoms with Crippen LogP contribution in [0.5, 0.6) is 5.75 Å². The van der Waals surface area contributed by atoms with Gasteiger partial charge in [0.25, 0.3) is 0 Å². The number of hydrogen-bond donors (Lipinski definition) is 0. The van der Waals surface area contributed by atoms with Crippen molar-refractivity contribution in [1.29, 1.82) is 0 Å². The lowest BCUT2D eigenvalue weighted by atomic mass is 10.2. The predicted molar refractivity (Wildman–Crippen MR) is 78.3 cm³/mol. The van der Waals surface area contributed by atoms with Crippen molar-refractivity contribution in [2.45, 2.75) is 6.92 Å². The first-order valence-electron chi connectivity index (χ1n) is 7.00. The summed E-state index contributed by atoms with van der Waals surface area (Å²) in [6, 6.07) is 8.03. The predicted octanol–water partition coefficient (Wildman–Crippen LogP) is 1.38. The van der Waals surface area contributed by atoms with E-state index in [1.807, 2.05) is 25.1 Å². The second kappa shape index (κ2) is 7.14. The third-order valence-electron chi connectivity index (χ3n) is 3.46. The Bertz CT molecular complexity index is 442. The normalized spacial score (nSPS) is 16.0. The highest BCUT2D eigenvalue weighted by Gasteiger charge is 2.21. The van der Waals surface area contributed by atoms with Gasteiger partial charge in [0, 0.05) is 26.2 Å². The molecule has 1 aliphatic rings. The molecule has 1 aromatic rings. The summed E-state index contributed by atoms with van der Waals surface area (Å²) in [5.41, 5.74) is 1.12. The fourth-order valence-electron chi connectivity index (χ4n) is 2.43. The van der Waals surface area contributed by atoms with E-state index in [9.17, 15) is 4.79 Å². The quantitative estimate of drug-likeness (QED) is 0.761. The molecule has 0 radical (unpaired) electrons. The maximum Gasteiger partial charge on any atom is 0.320 e. The second-order valence-corrected chi connectivity index (χ2v) is 4.74. The molecule has 5 heteroatoms. The Kier molecular flexibility index (Phi) is 5.24. The fourth-order valence-corrected chi connectivity index (χ4v) is 2.43. The van der Waals surface area contributed by atoms with Crippen molar-refractivity contribution in [1.82, 2.24) is 4.90 Å². The zero-order valence-corrected chi connectivity index (χ0v) is 12.2. The number of para-hydroxylation sites is 2. The first-order chi connectivity index (χ1) is 9.74. The lowest BCUT2D eigenvalue weighted by Crippen LogP contribution is -2.48. The van der Waals surface area contributed by atoms with Gasteiger partial charge in [0.1, 0.15) is 5.75 Å². The molecular formula is C15H22N2O3. The van der Waals surface area contributed by atoms with Crippen LogP contribution < -0.4 is 9.64 Å². The number of methoxy groups -OCH3 is 1. The van der Waals surface area contributed by atoms with E-state index in [0.717, 1.165) is 37.6 Å². The summed E-state index contributed by atoms with van der Waals surface area (Å²) in [6.45, 7) is 6.15. The van der Waals surface area contributed by atoms with Crippen molar-refractivity contribution in [3.63, 3.8) is 0 Å². The molecule has 0 N–H and O–H groups in total. The Balaban J connectivity index is 1.89.